The van der Waals surface area contributed by atoms with Crippen LogP contribution in [0.15, 0.2) is 27.7 Å². The molecule has 0 saturated heterocycles. The molecule has 0 amide bonds. The second kappa shape index (κ2) is 4.39. The summed E-state index contributed by atoms with van der Waals surface area (Å²) >= 11 is 3.36. The molecule has 0 aliphatic heterocycles. The summed E-state index contributed by atoms with van der Waals surface area (Å²) in [5, 5.41) is 6.82. The molecule has 0 bridgehead atoms. The summed E-state index contributed by atoms with van der Waals surface area (Å²) in [6, 6.07) is 1.99. The van der Waals surface area contributed by atoms with Crippen molar-refractivity contribution < 1.29 is 4.52 Å². The zero-order chi connectivity index (χ0) is 10.7. The number of nitrogens with zero attached hydrogens (tertiary/aromatic N) is 3. The second-order valence-corrected chi connectivity index (χ2v) is 3.94. The van der Waals surface area contributed by atoms with Crippen LogP contribution in [0.1, 0.15) is 11.4 Å². The van der Waals surface area contributed by atoms with Crippen LogP contribution in [0.4, 0.5) is 5.82 Å². The van der Waals surface area contributed by atoms with Gasteiger partial charge in [-0.1, -0.05) is 5.16 Å². The van der Waals surface area contributed by atoms with Crippen molar-refractivity contribution in [1.29, 1.82) is 0 Å². The molecular weight excluding hydrogens is 260 g/mol. The smallest absolute Gasteiger partial charge is 0.213 e. The molecule has 2 aromatic heterocycles. The summed E-state index contributed by atoms with van der Waals surface area (Å²) in [5.41, 5.74) is 1.06. The quantitative estimate of drug-likeness (QED) is 0.924. The fraction of sp³-hybridized carbons (Fsp3) is 0.222. The first-order valence-corrected chi connectivity index (χ1v) is 5.16. The molecule has 0 aliphatic carbocycles. The van der Waals surface area contributed by atoms with Crippen LogP contribution >= 0.6 is 15.9 Å². The van der Waals surface area contributed by atoms with Gasteiger partial charge in [0.1, 0.15) is 5.82 Å². The average Bonchev–Trinajstić information content (AvgIpc) is 2.69. The highest BCUT2D eigenvalue weighted by Gasteiger charge is 2.02. The van der Waals surface area contributed by atoms with Gasteiger partial charge in [-0.15, -0.1) is 0 Å². The molecule has 15 heavy (non-hydrogen) atoms. The topological polar surface area (TPSA) is 63.8 Å². The van der Waals surface area contributed by atoms with Crippen molar-refractivity contribution in [2.75, 3.05) is 5.32 Å². The Morgan fingerprint density at radius 3 is 3.00 bits per heavy atom. The molecule has 2 rings (SSSR count). The van der Waals surface area contributed by atoms with E-state index in [9.17, 15) is 0 Å². The van der Waals surface area contributed by atoms with E-state index in [-0.39, 0.29) is 0 Å². The molecule has 2 aromatic rings. The molecule has 0 aliphatic rings. The van der Waals surface area contributed by atoms with Crippen LogP contribution in [0.2, 0.25) is 0 Å². The molecule has 0 fully saturated rings. The Morgan fingerprint density at radius 2 is 2.33 bits per heavy atom. The van der Waals surface area contributed by atoms with Crippen LogP contribution in [-0.2, 0) is 6.54 Å². The van der Waals surface area contributed by atoms with Gasteiger partial charge in [0.05, 0.1) is 6.54 Å². The molecule has 1 N–H and O–H groups in total. The molecule has 0 unspecified atom stereocenters. The lowest BCUT2D eigenvalue weighted by molar-refractivity contribution is 0.411. The summed E-state index contributed by atoms with van der Waals surface area (Å²) in [6.07, 6.45) is 3.05. The van der Waals surface area contributed by atoms with E-state index in [1.165, 1.54) is 6.39 Å². The lowest BCUT2D eigenvalue weighted by Crippen LogP contribution is -2.04. The van der Waals surface area contributed by atoms with Crippen LogP contribution < -0.4 is 5.32 Å². The molecule has 0 aromatic carbocycles. The first-order valence-electron chi connectivity index (χ1n) is 4.37. The highest BCUT2D eigenvalue weighted by molar-refractivity contribution is 9.10. The van der Waals surface area contributed by atoms with Crippen molar-refractivity contribution in [1.82, 2.24) is 15.1 Å². The van der Waals surface area contributed by atoms with Gasteiger partial charge in [0.2, 0.25) is 6.39 Å². The fourth-order valence-electron chi connectivity index (χ4n) is 1.16. The first kappa shape index (κ1) is 10.1. The first-order chi connectivity index (χ1) is 7.25. The fourth-order valence-corrected chi connectivity index (χ4v) is 1.60. The number of hydrogen-bond acceptors (Lipinski definition) is 5. The molecule has 6 heteroatoms. The van der Waals surface area contributed by atoms with Gasteiger partial charge in [0.25, 0.3) is 0 Å². The number of nitrogens with one attached hydrogen (secondary N) is 1. The van der Waals surface area contributed by atoms with Crippen LogP contribution in [0.3, 0.4) is 0 Å². The zero-order valence-corrected chi connectivity index (χ0v) is 9.65. The van der Waals surface area contributed by atoms with Crippen LogP contribution in [0.5, 0.6) is 0 Å². The highest BCUT2D eigenvalue weighted by Crippen LogP contribution is 2.16. The molecule has 78 valence electrons. The molecular formula is C9H9BrN4O. The van der Waals surface area contributed by atoms with E-state index in [4.69, 9.17) is 0 Å². The Hall–Kier alpha value is -1.43. The lowest BCUT2D eigenvalue weighted by Gasteiger charge is -2.05. The maximum absolute atomic E-state index is 4.62. The normalized spacial score (nSPS) is 10.3. The molecule has 0 saturated carbocycles. The molecule has 0 radical (unpaired) electrons. The van der Waals surface area contributed by atoms with E-state index in [1.54, 1.807) is 6.20 Å². The standard InChI is InChI=1S/C9H9BrN4O/c1-6-2-7(10)3-11-9(6)12-4-8-13-5-15-14-8/h2-3,5H,4H2,1H3,(H,11,12). The van der Waals surface area contributed by atoms with E-state index < -0.39 is 0 Å². The van der Waals surface area contributed by atoms with Gasteiger partial charge in [-0.25, -0.2) is 4.98 Å². The third kappa shape index (κ3) is 2.53. The lowest BCUT2D eigenvalue weighted by atomic mass is 10.3. The molecule has 0 spiro atoms. The van der Waals surface area contributed by atoms with Crippen molar-refractivity contribution in [2.45, 2.75) is 13.5 Å². The predicted octanol–water partition coefficient (Wildman–Crippen LogP) is 2.15. The van der Waals surface area contributed by atoms with Gasteiger partial charge in [-0.2, -0.15) is 4.98 Å². The number of aromatic nitrogens is 3. The minimum Gasteiger partial charge on any atom is -0.362 e. The molecule has 5 nitrogen and oxygen atoms in total. The van der Waals surface area contributed by atoms with E-state index in [2.05, 4.69) is 40.9 Å². The zero-order valence-electron chi connectivity index (χ0n) is 8.07. The minimum atomic E-state index is 0.506. The summed E-state index contributed by atoms with van der Waals surface area (Å²) in [6.45, 7) is 2.49. The number of hydrogen-bond donors (Lipinski definition) is 1. The largest absolute Gasteiger partial charge is 0.362 e. The summed E-state index contributed by atoms with van der Waals surface area (Å²) in [7, 11) is 0. The molecule has 0 atom stereocenters. The Bertz CT molecular complexity index is 443. The van der Waals surface area contributed by atoms with Gasteiger partial charge in [-0.3, -0.25) is 0 Å². The number of aryl methyl sites for hydroxylation is 1. The van der Waals surface area contributed by atoms with Crippen molar-refractivity contribution in [2.24, 2.45) is 0 Å². The monoisotopic (exact) mass is 268 g/mol. The van der Waals surface area contributed by atoms with E-state index in [1.807, 2.05) is 13.0 Å². The van der Waals surface area contributed by atoms with E-state index in [0.717, 1.165) is 15.9 Å². The van der Waals surface area contributed by atoms with Crippen molar-refractivity contribution in [3.8, 4) is 0 Å². The maximum atomic E-state index is 4.62. The SMILES string of the molecule is Cc1cc(Br)cnc1NCc1ncon1. The van der Waals surface area contributed by atoms with E-state index in [0.29, 0.717) is 12.4 Å². The van der Waals surface area contributed by atoms with Gasteiger partial charge < -0.3 is 9.84 Å². The summed E-state index contributed by atoms with van der Waals surface area (Å²) in [5.74, 6) is 1.43. The predicted molar refractivity (Wildman–Crippen MR) is 58.3 cm³/mol. The highest BCUT2D eigenvalue weighted by atomic mass is 79.9. The van der Waals surface area contributed by atoms with Crippen molar-refractivity contribution in [3.63, 3.8) is 0 Å². The summed E-state index contributed by atoms with van der Waals surface area (Å²) in [4.78, 5) is 8.13. The van der Waals surface area contributed by atoms with Gasteiger partial charge in [0.15, 0.2) is 5.82 Å². The molecule has 2 heterocycles. The van der Waals surface area contributed by atoms with Gasteiger partial charge >= 0.3 is 0 Å². The number of pyridine rings is 1. The van der Waals surface area contributed by atoms with Gasteiger partial charge in [0, 0.05) is 10.7 Å². The van der Waals surface area contributed by atoms with Gasteiger partial charge in [-0.05, 0) is 34.5 Å². The van der Waals surface area contributed by atoms with Crippen molar-refractivity contribution >= 4 is 21.7 Å². The Balaban J connectivity index is 2.05. The number of halogens is 1. The maximum Gasteiger partial charge on any atom is 0.213 e. The van der Waals surface area contributed by atoms with E-state index >= 15 is 0 Å². The van der Waals surface area contributed by atoms with Crippen LogP contribution in [-0.4, -0.2) is 15.1 Å². The number of anilines is 1. The second-order valence-electron chi connectivity index (χ2n) is 3.02. The van der Waals surface area contributed by atoms with Crippen molar-refractivity contribution in [3.05, 3.63) is 34.5 Å². The van der Waals surface area contributed by atoms with Crippen LogP contribution in [0.25, 0.3) is 0 Å². The third-order valence-corrected chi connectivity index (χ3v) is 2.30. The average molecular weight is 269 g/mol. The Morgan fingerprint density at radius 1 is 1.47 bits per heavy atom. The Kier molecular flexibility index (Phi) is 2.96. The van der Waals surface area contributed by atoms with Crippen LogP contribution in [0, 0.1) is 6.92 Å². The Labute approximate surface area is 95.0 Å². The third-order valence-electron chi connectivity index (χ3n) is 1.87. The minimum absolute atomic E-state index is 0.506. The summed E-state index contributed by atoms with van der Waals surface area (Å²) < 4.78 is 5.59. The number of rotatable bonds is 3.